The molecule has 0 aliphatic carbocycles. The van der Waals surface area contributed by atoms with Crippen molar-refractivity contribution in [2.45, 2.75) is 33.0 Å². The molecule has 0 aliphatic heterocycles. The number of aromatic nitrogens is 4. The minimum Gasteiger partial charge on any atom is -0.466 e. The number of anilines is 1. The molecule has 0 bridgehead atoms. The van der Waals surface area contributed by atoms with Crippen molar-refractivity contribution in [3.63, 3.8) is 0 Å². The van der Waals surface area contributed by atoms with Crippen LogP contribution in [-0.2, 0) is 19.1 Å². The van der Waals surface area contributed by atoms with Gasteiger partial charge in [0.05, 0.1) is 6.61 Å². The first-order valence-corrected chi connectivity index (χ1v) is 7.07. The molecule has 2 heterocycles. The fourth-order valence-electron chi connectivity index (χ4n) is 1.89. The predicted octanol–water partition coefficient (Wildman–Crippen LogP) is -0.637. The number of esters is 2. The molecule has 2 aromatic heterocycles. The van der Waals surface area contributed by atoms with Gasteiger partial charge in [0, 0.05) is 20.3 Å². The number of carbonyl (C=O) groups is 2. The Hall–Kier alpha value is -3.11. The first kappa shape index (κ1) is 17.2. The number of fused-ring (bicyclic) bond motifs is 1. The summed E-state index contributed by atoms with van der Waals surface area (Å²) in [5.74, 6) is -1.06. The highest BCUT2D eigenvalue weighted by Crippen LogP contribution is 2.09. The second kappa shape index (κ2) is 7.44. The van der Waals surface area contributed by atoms with Gasteiger partial charge in [-0.05, 0) is 6.42 Å². The zero-order chi connectivity index (χ0) is 17.7. The van der Waals surface area contributed by atoms with Crippen molar-refractivity contribution >= 4 is 29.1 Å². The van der Waals surface area contributed by atoms with Crippen molar-refractivity contribution in [3.8, 4) is 0 Å². The van der Waals surface area contributed by atoms with Gasteiger partial charge in [-0.3, -0.25) is 19.4 Å². The van der Waals surface area contributed by atoms with Gasteiger partial charge < -0.3 is 20.0 Å². The van der Waals surface area contributed by atoms with Gasteiger partial charge in [0.2, 0.25) is 11.6 Å². The number of ether oxygens (including phenoxy) is 2. The first-order valence-electron chi connectivity index (χ1n) is 7.07. The molecule has 0 radical (unpaired) electrons. The summed E-state index contributed by atoms with van der Waals surface area (Å²) >= 11 is 0. The average Bonchev–Trinajstić information content (AvgIpc) is 2.86. The minimum atomic E-state index is -0.974. The maximum atomic E-state index is 11.7. The van der Waals surface area contributed by atoms with Gasteiger partial charge in [-0.15, -0.1) is 4.73 Å². The molecule has 0 amide bonds. The second-order valence-electron chi connectivity index (χ2n) is 4.82. The number of aromatic amines is 1. The number of hydrogen-bond donors (Lipinski definition) is 2. The number of H-pyrrole nitrogens is 1. The molecule has 0 saturated carbocycles. The van der Waals surface area contributed by atoms with Gasteiger partial charge in [-0.2, -0.15) is 4.98 Å². The second-order valence-corrected chi connectivity index (χ2v) is 4.82. The Kier molecular flexibility index (Phi) is 5.35. The number of carbonyl (C=O) groups excluding carboxylic acids is 2. The van der Waals surface area contributed by atoms with Crippen LogP contribution in [0.25, 0.3) is 11.2 Å². The minimum absolute atomic E-state index is 0.0330. The number of nitrogens with two attached hydrogens (primary N) is 1. The van der Waals surface area contributed by atoms with Crippen LogP contribution in [0.5, 0.6) is 0 Å². The van der Waals surface area contributed by atoms with E-state index in [0.717, 1.165) is 4.73 Å². The largest absolute Gasteiger partial charge is 0.466 e. The van der Waals surface area contributed by atoms with Crippen LogP contribution in [-0.4, -0.2) is 44.5 Å². The third kappa shape index (κ3) is 4.44. The highest BCUT2D eigenvalue weighted by molar-refractivity contribution is 5.70. The summed E-state index contributed by atoms with van der Waals surface area (Å²) in [6.45, 7) is 2.69. The van der Waals surface area contributed by atoms with Crippen molar-refractivity contribution < 1.29 is 23.9 Å². The van der Waals surface area contributed by atoms with E-state index in [2.05, 4.69) is 15.0 Å². The zero-order valence-electron chi connectivity index (χ0n) is 13.1. The SMILES string of the molecule is CC(=O)OCCCC(OC(C)=O)On1cnc2c(=O)[nH]c(N)nc21. The van der Waals surface area contributed by atoms with E-state index in [1.165, 1.54) is 20.2 Å². The standard InChI is InChI=1S/C13H17N5O6/c1-7(19)22-5-3-4-9(23-8(2)20)24-18-6-15-10-11(18)16-13(14)17-12(10)21/h6,9H,3-5H2,1-2H3,(H3,14,16,17,21). The average molecular weight is 339 g/mol. The molecule has 24 heavy (non-hydrogen) atoms. The highest BCUT2D eigenvalue weighted by Gasteiger charge is 2.18. The molecule has 130 valence electrons. The third-order valence-electron chi connectivity index (χ3n) is 2.81. The molecule has 0 aliphatic rings. The Morgan fingerprint density at radius 1 is 1.38 bits per heavy atom. The number of rotatable bonds is 7. The maximum absolute atomic E-state index is 11.7. The molecular formula is C13H17N5O6. The van der Waals surface area contributed by atoms with E-state index in [4.69, 9.17) is 20.0 Å². The van der Waals surface area contributed by atoms with Gasteiger partial charge in [0.25, 0.3) is 11.8 Å². The Labute approximate surface area is 135 Å². The summed E-state index contributed by atoms with van der Waals surface area (Å²) in [4.78, 5) is 49.3. The van der Waals surface area contributed by atoms with Crippen LogP contribution >= 0.6 is 0 Å². The molecule has 0 fully saturated rings. The van der Waals surface area contributed by atoms with Crippen LogP contribution in [0.1, 0.15) is 26.7 Å². The highest BCUT2D eigenvalue weighted by atomic mass is 16.8. The number of nitrogens with zero attached hydrogens (tertiary/aromatic N) is 3. The lowest BCUT2D eigenvalue weighted by Gasteiger charge is -2.18. The summed E-state index contributed by atoms with van der Waals surface area (Å²) in [6.07, 6.45) is 0.901. The number of nitrogens with one attached hydrogen (secondary N) is 1. The molecule has 2 rings (SSSR count). The lowest BCUT2D eigenvalue weighted by atomic mass is 10.3. The van der Waals surface area contributed by atoms with E-state index < -0.39 is 23.8 Å². The Balaban J connectivity index is 2.12. The van der Waals surface area contributed by atoms with E-state index in [1.54, 1.807) is 0 Å². The molecule has 1 unspecified atom stereocenters. The topological polar surface area (TPSA) is 151 Å². The third-order valence-corrected chi connectivity index (χ3v) is 2.81. The van der Waals surface area contributed by atoms with E-state index in [0.29, 0.717) is 6.42 Å². The Morgan fingerprint density at radius 2 is 2.12 bits per heavy atom. The molecule has 2 aromatic rings. The van der Waals surface area contributed by atoms with E-state index in [9.17, 15) is 14.4 Å². The molecule has 0 spiro atoms. The molecule has 1 atom stereocenters. The molecule has 11 nitrogen and oxygen atoms in total. The predicted molar refractivity (Wildman–Crippen MR) is 80.6 cm³/mol. The maximum Gasteiger partial charge on any atom is 0.305 e. The summed E-state index contributed by atoms with van der Waals surface area (Å²) in [5, 5.41) is 0. The lowest BCUT2D eigenvalue weighted by Crippen LogP contribution is -2.30. The quantitative estimate of drug-likeness (QED) is 0.381. The van der Waals surface area contributed by atoms with E-state index >= 15 is 0 Å². The van der Waals surface area contributed by atoms with Gasteiger partial charge in [0.15, 0.2) is 5.52 Å². The summed E-state index contributed by atoms with van der Waals surface area (Å²) in [5.41, 5.74) is 5.10. The monoisotopic (exact) mass is 339 g/mol. The van der Waals surface area contributed by atoms with Gasteiger partial charge in [0.1, 0.15) is 6.33 Å². The molecular weight excluding hydrogens is 322 g/mol. The van der Waals surface area contributed by atoms with Crippen LogP contribution < -0.4 is 16.1 Å². The van der Waals surface area contributed by atoms with Crippen molar-refractivity contribution in [3.05, 3.63) is 16.7 Å². The normalized spacial score (nSPS) is 11.9. The molecule has 11 heteroatoms. The Bertz CT molecular complexity index is 798. The Morgan fingerprint density at radius 3 is 2.79 bits per heavy atom. The van der Waals surface area contributed by atoms with Gasteiger partial charge >= 0.3 is 11.9 Å². The first-order chi connectivity index (χ1) is 11.4. The van der Waals surface area contributed by atoms with Crippen molar-refractivity contribution in [1.82, 2.24) is 19.7 Å². The summed E-state index contributed by atoms with van der Waals surface area (Å²) in [7, 11) is 0. The van der Waals surface area contributed by atoms with E-state index in [-0.39, 0.29) is 30.1 Å². The molecule has 0 aromatic carbocycles. The van der Waals surface area contributed by atoms with Crippen LogP contribution in [0.4, 0.5) is 5.95 Å². The van der Waals surface area contributed by atoms with Crippen LogP contribution in [0, 0.1) is 0 Å². The molecule has 0 saturated heterocycles. The van der Waals surface area contributed by atoms with Crippen LogP contribution in [0.2, 0.25) is 0 Å². The fourth-order valence-corrected chi connectivity index (χ4v) is 1.89. The molecule has 3 N–H and O–H groups in total. The van der Waals surface area contributed by atoms with Crippen molar-refractivity contribution in [2.75, 3.05) is 12.3 Å². The van der Waals surface area contributed by atoms with E-state index in [1.807, 2.05) is 0 Å². The number of imidazole rings is 1. The van der Waals surface area contributed by atoms with Gasteiger partial charge in [-0.1, -0.05) is 0 Å². The van der Waals surface area contributed by atoms with Crippen LogP contribution in [0.3, 0.4) is 0 Å². The summed E-state index contributed by atoms with van der Waals surface area (Å²) in [6, 6.07) is 0. The van der Waals surface area contributed by atoms with Crippen molar-refractivity contribution in [2.24, 2.45) is 0 Å². The smallest absolute Gasteiger partial charge is 0.305 e. The zero-order valence-corrected chi connectivity index (χ0v) is 13.1. The van der Waals surface area contributed by atoms with Crippen molar-refractivity contribution in [1.29, 1.82) is 0 Å². The van der Waals surface area contributed by atoms with Crippen LogP contribution in [0.15, 0.2) is 11.1 Å². The lowest BCUT2D eigenvalue weighted by molar-refractivity contribution is -0.178. The fraction of sp³-hybridized carbons (Fsp3) is 0.462. The summed E-state index contributed by atoms with van der Waals surface area (Å²) < 4.78 is 10.9. The number of nitrogen functional groups attached to an aromatic ring is 1. The number of hydrogen-bond acceptors (Lipinski definition) is 9. The van der Waals surface area contributed by atoms with Gasteiger partial charge in [-0.25, -0.2) is 4.98 Å².